The lowest BCUT2D eigenvalue weighted by Gasteiger charge is -2.32. The molecule has 0 saturated carbocycles. The molecule has 0 bridgehead atoms. The number of hydrogen-bond acceptors (Lipinski definition) is 5. The number of nitrogens with zero attached hydrogens (tertiary/aromatic N) is 1. The summed E-state index contributed by atoms with van der Waals surface area (Å²) in [5.74, 6) is 0.358. The SMILES string of the molecule is O=C(NC1CCN(C(=O)CCNS(=O)(=O)c2ccccc2)CC1)Oc1ccccc1. The predicted molar refractivity (Wildman–Crippen MR) is 111 cm³/mol. The molecule has 1 saturated heterocycles. The average Bonchev–Trinajstić information content (AvgIpc) is 2.75. The fourth-order valence-electron chi connectivity index (χ4n) is 3.20. The maximum Gasteiger partial charge on any atom is 0.412 e. The molecule has 3 rings (SSSR count). The highest BCUT2D eigenvalue weighted by atomic mass is 32.2. The van der Waals surface area contributed by atoms with Gasteiger partial charge in [0.05, 0.1) is 4.90 Å². The van der Waals surface area contributed by atoms with Gasteiger partial charge < -0.3 is 15.0 Å². The Balaban J connectivity index is 1.37. The third kappa shape index (κ3) is 6.30. The molecular weight excluding hydrogens is 406 g/mol. The quantitative estimate of drug-likeness (QED) is 0.699. The second kappa shape index (κ2) is 10.2. The van der Waals surface area contributed by atoms with E-state index in [2.05, 4.69) is 10.0 Å². The minimum atomic E-state index is -3.62. The lowest BCUT2D eigenvalue weighted by atomic mass is 10.1. The predicted octanol–water partition coefficient (Wildman–Crippen LogP) is 2.13. The number of nitrogens with one attached hydrogen (secondary N) is 2. The van der Waals surface area contributed by atoms with Gasteiger partial charge in [0.25, 0.3) is 0 Å². The maximum atomic E-state index is 12.4. The fourth-order valence-corrected chi connectivity index (χ4v) is 4.25. The van der Waals surface area contributed by atoms with E-state index < -0.39 is 16.1 Å². The van der Waals surface area contributed by atoms with E-state index in [4.69, 9.17) is 4.74 Å². The van der Waals surface area contributed by atoms with Crippen LogP contribution in [-0.4, -0.2) is 51.0 Å². The van der Waals surface area contributed by atoms with Crippen LogP contribution in [0.3, 0.4) is 0 Å². The van der Waals surface area contributed by atoms with Crippen molar-refractivity contribution in [2.75, 3.05) is 19.6 Å². The molecule has 9 heteroatoms. The Hall–Kier alpha value is -2.91. The van der Waals surface area contributed by atoms with Crippen molar-refractivity contribution in [3.8, 4) is 5.75 Å². The molecule has 2 amide bonds. The average molecular weight is 432 g/mol. The molecule has 1 fully saturated rings. The third-order valence-corrected chi connectivity index (χ3v) is 6.28. The van der Waals surface area contributed by atoms with E-state index in [1.807, 2.05) is 6.07 Å². The van der Waals surface area contributed by atoms with Crippen molar-refractivity contribution in [2.24, 2.45) is 0 Å². The van der Waals surface area contributed by atoms with Gasteiger partial charge in [-0.2, -0.15) is 0 Å². The number of hydrogen-bond donors (Lipinski definition) is 2. The number of amides is 2. The van der Waals surface area contributed by atoms with Crippen molar-refractivity contribution < 1.29 is 22.7 Å². The minimum Gasteiger partial charge on any atom is -0.410 e. The van der Waals surface area contributed by atoms with Gasteiger partial charge in [-0.25, -0.2) is 17.9 Å². The van der Waals surface area contributed by atoms with E-state index >= 15 is 0 Å². The Kier molecular flexibility index (Phi) is 7.42. The number of rotatable bonds is 7. The molecule has 160 valence electrons. The van der Waals surface area contributed by atoms with Gasteiger partial charge in [-0.15, -0.1) is 0 Å². The molecule has 0 spiro atoms. The van der Waals surface area contributed by atoms with Crippen LogP contribution in [-0.2, 0) is 14.8 Å². The molecule has 0 aromatic heterocycles. The number of likely N-dealkylation sites (tertiary alicyclic amines) is 1. The first-order valence-electron chi connectivity index (χ1n) is 9.80. The third-order valence-electron chi connectivity index (χ3n) is 4.81. The van der Waals surface area contributed by atoms with Crippen LogP contribution in [0.15, 0.2) is 65.6 Å². The van der Waals surface area contributed by atoms with Gasteiger partial charge in [-0.05, 0) is 37.1 Å². The summed E-state index contributed by atoms with van der Waals surface area (Å²) in [5.41, 5.74) is 0. The summed E-state index contributed by atoms with van der Waals surface area (Å²) in [5, 5.41) is 2.82. The van der Waals surface area contributed by atoms with Gasteiger partial charge >= 0.3 is 6.09 Å². The minimum absolute atomic E-state index is 0.0393. The van der Waals surface area contributed by atoms with Gasteiger partial charge in [0.1, 0.15) is 5.75 Å². The maximum absolute atomic E-state index is 12.4. The molecule has 0 atom stereocenters. The standard InChI is InChI=1S/C21H25N3O5S/c25-20(11-14-22-30(27,28)19-9-5-2-6-10-19)24-15-12-17(13-16-24)23-21(26)29-18-7-3-1-4-8-18/h1-10,17,22H,11-16H2,(H,23,26). The van der Waals surface area contributed by atoms with Crippen molar-refractivity contribution in [1.82, 2.24) is 14.9 Å². The molecule has 2 aromatic rings. The summed E-state index contributed by atoms with van der Waals surface area (Å²) >= 11 is 0. The van der Waals surface area contributed by atoms with E-state index in [9.17, 15) is 18.0 Å². The fraction of sp³-hybridized carbons (Fsp3) is 0.333. The van der Waals surface area contributed by atoms with Crippen molar-refractivity contribution in [1.29, 1.82) is 0 Å². The summed E-state index contributed by atoms with van der Waals surface area (Å²) in [7, 11) is -3.62. The van der Waals surface area contributed by atoms with Crippen LogP contribution in [0.2, 0.25) is 0 Å². The summed E-state index contributed by atoms with van der Waals surface area (Å²) < 4.78 is 32.0. The van der Waals surface area contributed by atoms with Crippen LogP contribution in [0.4, 0.5) is 4.79 Å². The van der Waals surface area contributed by atoms with Crippen LogP contribution in [0.25, 0.3) is 0 Å². The second-order valence-corrected chi connectivity index (χ2v) is 8.73. The Labute approximate surface area is 176 Å². The zero-order chi connectivity index (χ0) is 21.4. The molecule has 0 unspecified atom stereocenters. The lowest BCUT2D eigenvalue weighted by Crippen LogP contribution is -2.47. The highest BCUT2D eigenvalue weighted by Gasteiger charge is 2.24. The highest BCUT2D eigenvalue weighted by molar-refractivity contribution is 7.89. The molecule has 1 aliphatic heterocycles. The van der Waals surface area contributed by atoms with Crippen LogP contribution in [0.5, 0.6) is 5.75 Å². The number of piperidine rings is 1. The van der Waals surface area contributed by atoms with Gasteiger partial charge in [0.15, 0.2) is 0 Å². The van der Waals surface area contributed by atoms with Crippen molar-refractivity contribution >= 4 is 22.0 Å². The summed E-state index contributed by atoms with van der Waals surface area (Å²) in [6, 6.07) is 16.8. The Morgan fingerprint density at radius 1 is 0.967 bits per heavy atom. The zero-order valence-corrected chi connectivity index (χ0v) is 17.3. The molecule has 2 N–H and O–H groups in total. The van der Waals surface area contributed by atoms with Crippen LogP contribution in [0, 0.1) is 0 Å². The Bertz CT molecular complexity index is 943. The second-order valence-electron chi connectivity index (χ2n) is 6.96. The lowest BCUT2D eigenvalue weighted by molar-refractivity contribution is -0.132. The molecule has 8 nitrogen and oxygen atoms in total. The number of sulfonamides is 1. The highest BCUT2D eigenvalue weighted by Crippen LogP contribution is 2.13. The van der Waals surface area contributed by atoms with Gasteiger partial charge in [0, 0.05) is 32.1 Å². The molecule has 30 heavy (non-hydrogen) atoms. The first kappa shape index (κ1) is 21.8. The number of carbonyl (C=O) groups excluding carboxylic acids is 2. The summed E-state index contributed by atoms with van der Waals surface area (Å²) in [6.07, 6.45) is 0.804. The molecule has 0 aliphatic carbocycles. The molecule has 1 aliphatic rings. The van der Waals surface area contributed by atoms with Crippen LogP contribution >= 0.6 is 0 Å². The van der Waals surface area contributed by atoms with Crippen LogP contribution < -0.4 is 14.8 Å². The van der Waals surface area contributed by atoms with Gasteiger partial charge in [-0.1, -0.05) is 36.4 Å². The van der Waals surface area contributed by atoms with E-state index in [0.29, 0.717) is 31.7 Å². The van der Waals surface area contributed by atoms with E-state index in [0.717, 1.165) is 0 Å². The summed E-state index contributed by atoms with van der Waals surface area (Å²) in [6.45, 7) is 1.04. The van der Waals surface area contributed by atoms with Crippen molar-refractivity contribution in [3.63, 3.8) is 0 Å². The largest absolute Gasteiger partial charge is 0.412 e. The van der Waals surface area contributed by atoms with Gasteiger partial charge in [-0.3, -0.25) is 4.79 Å². The molecule has 1 heterocycles. The smallest absolute Gasteiger partial charge is 0.410 e. The number of carbonyl (C=O) groups is 2. The Morgan fingerprint density at radius 3 is 2.20 bits per heavy atom. The molecule has 0 radical (unpaired) electrons. The topological polar surface area (TPSA) is 105 Å². The van der Waals surface area contributed by atoms with Crippen molar-refractivity contribution in [2.45, 2.75) is 30.2 Å². The van der Waals surface area contributed by atoms with Crippen LogP contribution in [0.1, 0.15) is 19.3 Å². The number of benzene rings is 2. The monoisotopic (exact) mass is 431 g/mol. The summed E-state index contributed by atoms with van der Waals surface area (Å²) in [4.78, 5) is 26.2. The molecule has 2 aromatic carbocycles. The normalized spacial score (nSPS) is 14.9. The number of para-hydroxylation sites is 1. The first-order valence-corrected chi connectivity index (χ1v) is 11.3. The first-order chi connectivity index (χ1) is 14.4. The van der Waals surface area contributed by atoms with Gasteiger partial charge in [0.2, 0.25) is 15.9 Å². The zero-order valence-electron chi connectivity index (χ0n) is 16.5. The van der Waals surface area contributed by atoms with Crippen molar-refractivity contribution in [3.05, 3.63) is 60.7 Å². The van der Waals surface area contributed by atoms with E-state index in [-0.39, 0.29) is 29.8 Å². The Morgan fingerprint density at radius 2 is 1.57 bits per heavy atom. The number of ether oxygens (including phenoxy) is 1. The van der Waals surface area contributed by atoms with E-state index in [1.165, 1.54) is 12.1 Å². The van der Waals surface area contributed by atoms with E-state index in [1.54, 1.807) is 47.4 Å². The molecular formula is C21H25N3O5S.